The smallest absolute Gasteiger partial charge is 0.255 e. The van der Waals surface area contributed by atoms with Gasteiger partial charge in [-0.2, -0.15) is 0 Å². The predicted molar refractivity (Wildman–Crippen MR) is 125 cm³/mol. The Morgan fingerprint density at radius 3 is 2.45 bits per heavy atom. The number of carbonyl (C=O) groups is 1. The fraction of sp³-hybridized carbons (Fsp3) is 0.154. The molecule has 0 unspecified atom stereocenters. The molecule has 5 nitrogen and oxygen atoms in total. The van der Waals surface area contributed by atoms with Crippen molar-refractivity contribution in [2.24, 2.45) is 0 Å². The van der Waals surface area contributed by atoms with Crippen molar-refractivity contribution in [1.29, 1.82) is 0 Å². The number of anilines is 2. The summed E-state index contributed by atoms with van der Waals surface area (Å²) in [6.45, 7) is 4.06. The first-order valence-corrected chi connectivity index (χ1v) is 10.6. The second kappa shape index (κ2) is 7.76. The summed E-state index contributed by atoms with van der Waals surface area (Å²) >= 11 is 0. The van der Waals surface area contributed by atoms with Crippen LogP contribution in [0.25, 0.3) is 11.0 Å². The van der Waals surface area contributed by atoms with Gasteiger partial charge in [-0.3, -0.25) is 9.36 Å². The van der Waals surface area contributed by atoms with Gasteiger partial charge in [0.05, 0.1) is 22.6 Å². The summed E-state index contributed by atoms with van der Waals surface area (Å²) < 4.78 is 2.12. The lowest BCUT2D eigenvalue weighted by Crippen LogP contribution is -2.30. The maximum Gasteiger partial charge on any atom is 0.255 e. The van der Waals surface area contributed by atoms with E-state index >= 15 is 0 Å². The van der Waals surface area contributed by atoms with Gasteiger partial charge >= 0.3 is 0 Å². The molecule has 1 aliphatic heterocycles. The minimum Gasteiger partial charge on any atom is -0.329 e. The van der Waals surface area contributed by atoms with E-state index in [1.54, 1.807) is 0 Å². The van der Waals surface area contributed by atoms with Gasteiger partial charge in [-0.15, -0.1) is 0 Å². The van der Waals surface area contributed by atoms with Crippen LogP contribution < -0.4 is 10.6 Å². The van der Waals surface area contributed by atoms with Gasteiger partial charge in [0.1, 0.15) is 0 Å². The van der Waals surface area contributed by atoms with Gasteiger partial charge in [0.25, 0.3) is 5.91 Å². The number of rotatable bonds is 4. The third kappa shape index (κ3) is 3.38. The Labute approximate surface area is 181 Å². The molecule has 0 aliphatic carbocycles. The molecule has 31 heavy (non-hydrogen) atoms. The van der Waals surface area contributed by atoms with Crippen LogP contribution in [0, 0.1) is 0 Å². The summed E-state index contributed by atoms with van der Waals surface area (Å²) in [6, 6.07) is 25.9. The predicted octanol–water partition coefficient (Wildman–Crippen LogP) is 5.53. The molecule has 1 atom stereocenters. The number of nitrogens with zero attached hydrogens (tertiary/aromatic N) is 2. The lowest BCUT2D eigenvalue weighted by Gasteiger charge is -2.30. The van der Waals surface area contributed by atoms with Crippen molar-refractivity contribution in [3.8, 4) is 0 Å². The summed E-state index contributed by atoms with van der Waals surface area (Å²) in [6.07, 6.45) is 0.967. The van der Waals surface area contributed by atoms with Gasteiger partial charge in [0.2, 0.25) is 5.95 Å². The molecule has 3 aromatic carbocycles. The van der Waals surface area contributed by atoms with Crippen molar-refractivity contribution in [3.05, 3.63) is 101 Å². The highest BCUT2D eigenvalue weighted by atomic mass is 16.1. The van der Waals surface area contributed by atoms with Crippen LogP contribution in [0.3, 0.4) is 0 Å². The zero-order valence-electron chi connectivity index (χ0n) is 17.6. The van der Waals surface area contributed by atoms with Crippen LogP contribution in [0.4, 0.5) is 11.6 Å². The number of hydrogen-bond acceptors (Lipinski definition) is 3. The molecule has 1 aliphatic rings. The van der Waals surface area contributed by atoms with Gasteiger partial charge < -0.3 is 10.6 Å². The van der Waals surface area contributed by atoms with Crippen molar-refractivity contribution in [3.63, 3.8) is 0 Å². The van der Waals surface area contributed by atoms with Crippen LogP contribution in [-0.2, 0) is 11.2 Å². The average molecular weight is 409 g/mol. The zero-order chi connectivity index (χ0) is 21.4. The largest absolute Gasteiger partial charge is 0.329 e. The lowest BCUT2D eigenvalue weighted by atomic mass is 9.94. The first-order valence-electron chi connectivity index (χ1n) is 10.6. The monoisotopic (exact) mass is 408 g/mol. The van der Waals surface area contributed by atoms with Crippen molar-refractivity contribution in [1.82, 2.24) is 9.55 Å². The highest BCUT2D eigenvalue weighted by Crippen LogP contribution is 2.39. The fourth-order valence-corrected chi connectivity index (χ4v) is 4.23. The number of aromatic nitrogens is 2. The van der Waals surface area contributed by atoms with E-state index in [2.05, 4.69) is 34.3 Å². The standard InChI is InChI=1S/C26H24N4O/c1-3-18-13-15-20(16-14-18)28-25(31)23-17(2)27-26-29-21-11-7-8-12-22(21)30(26)24(23)19-9-5-4-6-10-19/h4-16,24H,3H2,1-2H3,(H,27,29)(H,28,31)/t24-/m0/s1. The highest BCUT2D eigenvalue weighted by Gasteiger charge is 2.33. The molecule has 0 bridgehead atoms. The molecule has 1 aromatic heterocycles. The molecule has 0 spiro atoms. The Bertz CT molecular complexity index is 1290. The quantitative estimate of drug-likeness (QED) is 0.467. The van der Waals surface area contributed by atoms with E-state index in [4.69, 9.17) is 4.98 Å². The van der Waals surface area contributed by atoms with Gasteiger partial charge in [0.15, 0.2) is 0 Å². The zero-order valence-corrected chi connectivity index (χ0v) is 17.6. The van der Waals surface area contributed by atoms with Crippen molar-refractivity contribution in [2.45, 2.75) is 26.3 Å². The fourth-order valence-electron chi connectivity index (χ4n) is 4.23. The summed E-state index contributed by atoms with van der Waals surface area (Å²) in [7, 11) is 0. The molecule has 5 heteroatoms. The molecule has 5 rings (SSSR count). The molecule has 0 saturated carbocycles. The van der Waals surface area contributed by atoms with Gasteiger partial charge in [-0.25, -0.2) is 4.98 Å². The number of nitrogens with one attached hydrogen (secondary N) is 2. The van der Waals surface area contributed by atoms with E-state index in [9.17, 15) is 4.79 Å². The van der Waals surface area contributed by atoms with Crippen molar-refractivity contribution < 1.29 is 4.79 Å². The average Bonchev–Trinajstić information content (AvgIpc) is 3.17. The molecular formula is C26H24N4O. The Kier molecular flexibility index (Phi) is 4.79. The maximum absolute atomic E-state index is 13.5. The first kappa shape index (κ1) is 19.1. The van der Waals surface area contributed by atoms with E-state index in [0.717, 1.165) is 40.4 Å². The summed E-state index contributed by atoms with van der Waals surface area (Å²) in [5.74, 6) is 0.628. The van der Waals surface area contributed by atoms with Gasteiger partial charge in [-0.1, -0.05) is 61.5 Å². The topological polar surface area (TPSA) is 59.0 Å². The third-order valence-corrected chi connectivity index (χ3v) is 5.81. The van der Waals surface area contributed by atoms with Crippen molar-refractivity contribution >= 4 is 28.6 Å². The number of allylic oxidation sites excluding steroid dienone is 1. The Hall–Kier alpha value is -3.86. The van der Waals surface area contributed by atoms with E-state index in [0.29, 0.717) is 5.57 Å². The number of amides is 1. The van der Waals surface area contributed by atoms with Crippen LogP contribution in [0.1, 0.15) is 31.0 Å². The number of benzene rings is 3. The number of fused-ring (bicyclic) bond motifs is 3. The van der Waals surface area contributed by atoms with Gasteiger partial charge in [-0.05, 0) is 48.7 Å². The normalized spacial score (nSPS) is 15.5. The Morgan fingerprint density at radius 2 is 1.71 bits per heavy atom. The molecule has 2 heterocycles. The van der Waals surface area contributed by atoms with E-state index < -0.39 is 0 Å². The first-order chi connectivity index (χ1) is 15.2. The second-order valence-corrected chi connectivity index (χ2v) is 7.78. The van der Waals surface area contributed by atoms with Crippen molar-refractivity contribution in [2.75, 3.05) is 10.6 Å². The number of hydrogen-bond donors (Lipinski definition) is 2. The molecule has 2 N–H and O–H groups in total. The molecule has 154 valence electrons. The minimum absolute atomic E-state index is 0.119. The molecule has 4 aromatic rings. The van der Waals surface area contributed by atoms with E-state index in [-0.39, 0.29) is 11.9 Å². The summed E-state index contributed by atoms with van der Waals surface area (Å²) in [5.41, 5.74) is 6.44. The number of carbonyl (C=O) groups excluding carboxylic acids is 1. The minimum atomic E-state index is -0.278. The van der Waals surface area contributed by atoms with Crippen LogP contribution >= 0.6 is 0 Å². The molecular weight excluding hydrogens is 384 g/mol. The van der Waals surface area contributed by atoms with E-state index in [1.165, 1.54) is 5.56 Å². The maximum atomic E-state index is 13.5. The SMILES string of the molecule is CCc1ccc(NC(=O)C2=C(C)Nc3nc4ccccc4n3[C@H]2c2ccccc2)cc1. The Morgan fingerprint density at radius 1 is 1.00 bits per heavy atom. The number of imidazole rings is 1. The lowest BCUT2D eigenvalue weighted by molar-refractivity contribution is -0.113. The molecule has 0 radical (unpaired) electrons. The number of aryl methyl sites for hydroxylation is 1. The molecule has 1 amide bonds. The van der Waals surface area contributed by atoms with E-state index in [1.807, 2.05) is 73.7 Å². The van der Waals surface area contributed by atoms with Crippen LogP contribution in [0.5, 0.6) is 0 Å². The van der Waals surface area contributed by atoms with Crippen LogP contribution in [-0.4, -0.2) is 15.5 Å². The summed E-state index contributed by atoms with van der Waals surface area (Å²) in [5, 5.41) is 6.45. The van der Waals surface area contributed by atoms with Gasteiger partial charge in [0, 0.05) is 11.4 Å². The third-order valence-electron chi connectivity index (χ3n) is 5.81. The molecule has 0 fully saturated rings. The molecule has 0 saturated heterocycles. The van der Waals surface area contributed by atoms with Crippen LogP contribution in [0.15, 0.2) is 90.1 Å². The number of para-hydroxylation sites is 2. The second-order valence-electron chi connectivity index (χ2n) is 7.78. The Balaban J connectivity index is 1.61. The highest BCUT2D eigenvalue weighted by molar-refractivity contribution is 6.06. The summed E-state index contributed by atoms with van der Waals surface area (Å²) in [4.78, 5) is 18.3. The van der Waals surface area contributed by atoms with Crippen LogP contribution in [0.2, 0.25) is 0 Å².